The van der Waals surface area contributed by atoms with Crippen LogP contribution in [0.5, 0.6) is 0 Å². The highest BCUT2D eigenvalue weighted by Crippen LogP contribution is 2.47. The highest BCUT2D eigenvalue weighted by atomic mass is 32.2. The van der Waals surface area contributed by atoms with E-state index in [1.165, 1.54) is 18.1 Å². The Morgan fingerprint density at radius 2 is 1.71 bits per heavy atom. The van der Waals surface area contributed by atoms with E-state index in [-0.39, 0.29) is 25.5 Å². The summed E-state index contributed by atoms with van der Waals surface area (Å²) in [5.41, 5.74) is -0.942. The minimum absolute atomic E-state index is 0.0214. The second-order valence-electron chi connectivity index (χ2n) is 15.8. The van der Waals surface area contributed by atoms with Gasteiger partial charge in [-0.1, -0.05) is 51.1 Å². The lowest BCUT2D eigenvalue weighted by Crippen LogP contribution is -2.60. The predicted molar refractivity (Wildman–Crippen MR) is 192 cm³/mol. The summed E-state index contributed by atoms with van der Waals surface area (Å²) in [6.45, 7) is 9.19. The van der Waals surface area contributed by atoms with Gasteiger partial charge < -0.3 is 25.0 Å². The average Bonchev–Trinajstić information content (AvgIpc) is 3.91. The number of alkyl carbamates (subject to hydrolysis) is 1. The Morgan fingerprint density at radius 3 is 2.25 bits per heavy atom. The molecule has 2 heterocycles. The van der Waals surface area contributed by atoms with Crippen LogP contribution >= 0.6 is 0 Å². The number of rotatable bonds is 12. The second-order valence-corrected chi connectivity index (χ2v) is 17.8. The number of sulfonamides is 1. The van der Waals surface area contributed by atoms with E-state index in [0.717, 1.165) is 42.4 Å². The fourth-order valence-electron chi connectivity index (χ4n) is 7.49. The van der Waals surface area contributed by atoms with Gasteiger partial charge in [0.2, 0.25) is 21.8 Å². The molecular weight excluding hydrogens is 689 g/mol. The van der Waals surface area contributed by atoms with Crippen LogP contribution in [0.3, 0.4) is 0 Å². The molecule has 3 N–H and O–H groups in total. The van der Waals surface area contributed by atoms with Gasteiger partial charge in [0.25, 0.3) is 5.91 Å². The zero-order valence-electron chi connectivity index (χ0n) is 30.5. The van der Waals surface area contributed by atoms with Crippen LogP contribution in [0.4, 0.5) is 4.79 Å². The second kappa shape index (κ2) is 14.0. The third-order valence-corrected chi connectivity index (χ3v) is 12.8. The fourth-order valence-corrected chi connectivity index (χ4v) is 8.86. The number of likely N-dealkylation sites (tertiary alicyclic amines) is 1. The first-order valence-corrected chi connectivity index (χ1v) is 19.5. The van der Waals surface area contributed by atoms with Gasteiger partial charge >= 0.3 is 6.09 Å². The number of methoxy groups -OCH3 is 1. The molecular formula is C37H50N6O8S. The zero-order chi connectivity index (χ0) is 37.6. The number of hydrogen-bond donors (Lipinski definition) is 3. The first kappa shape index (κ1) is 37.5. The van der Waals surface area contributed by atoms with Crippen LogP contribution in [0.2, 0.25) is 0 Å². The van der Waals surface area contributed by atoms with Crippen LogP contribution < -0.4 is 15.4 Å². The number of aryl methyl sites for hydroxylation is 1. The van der Waals surface area contributed by atoms with Crippen molar-refractivity contribution in [2.24, 2.45) is 18.4 Å². The van der Waals surface area contributed by atoms with Crippen molar-refractivity contribution in [3.8, 4) is 11.1 Å². The van der Waals surface area contributed by atoms with Gasteiger partial charge in [0.1, 0.15) is 29.3 Å². The van der Waals surface area contributed by atoms with Gasteiger partial charge in [-0.2, -0.15) is 5.10 Å². The maximum atomic E-state index is 14.7. The van der Waals surface area contributed by atoms with Crippen LogP contribution in [0.15, 0.2) is 49.3 Å². The molecule has 4 amide bonds. The fraction of sp³-hybridized carbons (Fsp3) is 0.595. The topological polar surface area (TPSA) is 178 Å². The molecule has 5 atom stereocenters. The SMILES string of the molecule is C=CC1C[C@]1(NC(=O)[C@@H]1C[C@@](OC)(c2ccc(-c3cnn(C)c3)cc2)CN1C(=O)[C@@H](NC(=O)OC1CCCC1)C(C)(C)C)C(=O)NS(=O)(=O)C1CC1. The number of aromatic nitrogens is 2. The molecule has 1 aromatic carbocycles. The van der Waals surface area contributed by atoms with Gasteiger partial charge in [-0.3, -0.25) is 23.8 Å². The van der Waals surface area contributed by atoms with Crippen LogP contribution in [-0.2, 0) is 46.5 Å². The smallest absolute Gasteiger partial charge is 0.408 e. The largest absolute Gasteiger partial charge is 0.446 e. The summed E-state index contributed by atoms with van der Waals surface area (Å²) in [5, 5.41) is 9.24. The zero-order valence-corrected chi connectivity index (χ0v) is 31.3. The Labute approximate surface area is 305 Å². The van der Waals surface area contributed by atoms with Crippen LogP contribution in [-0.4, -0.2) is 89.5 Å². The maximum absolute atomic E-state index is 14.7. The van der Waals surface area contributed by atoms with Gasteiger partial charge in [-0.25, -0.2) is 13.2 Å². The number of carbonyl (C=O) groups excluding carboxylic acids is 4. The lowest BCUT2D eigenvalue weighted by molar-refractivity contribution is -0.143. The summed E-state index contributed by atoms with van der Waals surface area (Å²) in [4.78, 5) is 57.2. The van der Waals surface area contributed by atoms with Crippen LogP contribution in [0, 0.1) is 11.3 Å². The maximum Gasteiger partial charge on any atom is 0.408 e. The number of carbonyl (C=O) groups is 4. The highest BCUT2D eigenvalue weighted by Gasteiger charge is 2.62. The molecule has 4 fully saturated rings. The summed E-state index contributed by atoms with van der Waals surface area (Å²) in [6, 6.07) is 5.38. The van der Waals surface area contributed by atoms with E-state index >= 15 is 0 Å². The summed E-state index contributed by atoms with van der Waals surface area (Å²) in [7, 11) is -0.546. The van der Waals surface area contributed by atoms with Gasteiger partial charge in [-0.15, -0.1) is 6.58 Å². The third kappa shape index (κ3) is 7.47. The molecule has 6 rings (SSSR count). The monoisotopic (exact) mass is 738 g/mol. The molecule has 1 saturated heterocycles. The highest BCUT2D eigenvalue weighted by molar-refractivity contribution is 7.91. The molecule has 0 spiro atoms. The lowest BCUT2D eigenvalue weighted by atomic mass is 9.85. The van der Waals surface area contributed by atoms with Gasteiger partial charge in [0, 0.05) is 38.3 Å². The molecule has 1 aromatic heterocycles. The van der Waals surface area contributed by atoms with E-state index < -0.39 is 73.6 Å². The normalized spacial score (nSPS) is 26.8. The summed E-state index contributed by atoms with van der Waals surface area (Å²) >= 11 is 0. The van der Waals surface area contributed by atoms with Crippen molar-refractivity contribution in [1.29, 1.82) is 0 Å². The number of nitrogens with zero attached hydrogens (tertiary/aromatic N) is 3. The number of hydrogen-bond acceptors (Lipinski definition) is 9. The standard InChI is InChI=1S/C37H50N6O8S/c1-7-25-18-37(25,33(46)41-52(48,49)28-16-17-28)40-31(44)29-19-36(50-6,26-14-12-23(13-15-26)24-20-38-42(5)21-24)22-43(29)32(45)30(35(2,3)4)39-34(47)51-27-10-8-9-11-27/h7,12-15,20-21,25,27-30H,1,8-11,16-19,22H2,2-6H3,(H,39,47)(H,40,44)(H,41,46)/t25?,29-,30+,36-,37+/m0/s1. The molecule has 52 heavy (non-hydrogen) atoms. The minimum atomic E-state index is -3.90. The van der Waals surface area contributed by atoms with Crippen molar-refractivity contribution in [2.45, 2.75) is 107 Å². The number of ether oxygens (including phenoxy) is 2. The molecule has 4 aliphatic rings. The van der Waals surface area contributed by atoms with Gasteiger partial charge in [-0.05, 0) is 61.5 Å². The molecule has 282 valence electrons. The van der Waals surface area contributed by atoms with E-state index in [0.29, 0.717) is 12.8 Å². The quantitative estimate of drug-likeness (QED) is 0.276. The molecule has 3 aliphatic carbocycles. The minimum Gasteiger partial charge on any atom is -0.446 e. The Morgan fingerprint density at radius 1 is 1.04 bits per heavy atom. The number of amides is 4. The molecule has 15 heteroatoms. The van der Waals surface area contributed by atoms with E-state index in [4.69, 9.17) is 9.47 Å². The van der Waals surface area contributed by atoms with Crippen LogP contribution in [0.25, 0.3) is 11.1 Å². The predicted octanol–water partition coefficient (Wildman–Crippen LogP) is 3.28. The number of benzene rings is 1. The van der Waals surface area contributed by atoms with Crippen molar-refractivity contribution in [3.63, 3.8) is 0 Å². The van der Waals surface area contributed by atoms with Crippen molar-refractivity contribution in [3.05, 3.63) is 54.9 Å². The molecule has 3 saturated carbocycles. The first-order valence-electron chi connectivity index (χ1n) is 17.9. The van der Waals surface area contributed by atoms with Crippen molar-refractivity contribution in [2.75, 3.05) is 13.7 Å². The molecule has 0 bridgehead atoms. The van der Waals surface area contributed by atoms with Crippen molar-refractivity contribution < 1.29 is 37.1 Å². The molecule has 1 unspecified atom stereocenters. The first-order chi connectivity index (χ1) is 24.5. The van der Waals surface area contributed by atoms with Crippen molar-refractivity contribution >= 4 is 33.8 Å². The summed E-state index contributed by atoms with van der Waals surface area (Å²) in [6.07, 6.45) is 8.78. The van der Waals surface area contributed by atoms with Gasteiger partial charge in [0.15, 0.2) is 0 Å². The van der Waals surface area contributed by atoms with Gasteiger partial charge in [0.05, 0.1) is 18.0 Å². The Kier molecular flexibility index (Phi) is 10.1. The molecule has 0 radical (unpaired) electrons. The van der Waals surface area contributed by atoms with E-state index in [2.05, 4.69) is 27.0 Å². The molecule has 14 nitrogen and oxygen atoms in total. The van der Waals surface area contributed by atoms with E-state index in [9.17, 15) is 27.6 Å². The molecule has 1 aliphatic heterocycles. The number of nitrogens with one attached hydrogen (secondary N) is 3. The van der Waals surface area contributed by atoms with E-state index in [1.54, 1.807) is 10.9 Å². The summed E-state index contributed by atoms with van der Waals surface area (Å²) < 4.78 is 41.2. The average molecular weight is 739 g/mol. The Hall–Kier alpha value is -4.24. The van der Waals surface area contributed by atoms with E-state index in [1.807, 2.05) is 58.3 Å². The lowest BCUT2D eigenvalue weighted by Gasteiger charge is -2.36. The molecule has 2 aromatic rings. The summed E-state index contributed by atoms with van der Waals surface area (Å²) in [5.74, 6) is -2.52. The Balaban J connectivity index is 1.31. The third-order valence-electron chi connectivity index (χ3n) is 11.0. The van der Waals surface area contributed by atoms with Crippen molar-refractivity contribution in [1.82, 2.24) is 30.0 Å². The van der Waals surface area contributed by atoms with Crippen LogP contribution in [0.1, 0.15) is 77.7 Å². The Bertz CT molecular complexity index is 1830.